The Hall–Kier alpha value is -1.51. The van der Waals surface area contributed by atoms with Crippen molar-refractivity contribution in [2.45, 2.75) is 71.1 Å². The fourth-order valence-electron chi connectivity index (χ4n) is 4.70. The van der Waals surface area contributed by atoms with Crippen LogP contribution in [0.2, 0.25) is 0 Å². The summed E-state index contributed by atoms with van der Waals surface area (Å²) in [6, 6.07) is 0. The van der Waals surface area contributed by atoms with Gasteiger partial charge in [0.15, 0.2) is 12.5 Å². The Morgan fingerprint density at radius 1 is 0.864 bits per heavy atom. The largest absolute Gasteiger partial charge is 0.243 e. The van der Waals surface area contributed by atoms with Crippen LogP contribution in [0.25, 0.3) is 0 Å². The molecule has 1 aliphatic heterocycles. The van der Waals surface area contributed by atoms with Crippen molar-refractivity contribution < 1.29 is 0 Å². The number of hydrogen-bond donors (Lipinski definition) is 0. The van der Waals surface area contributed by atoms with Crippen LogP contribution in [0.3, 0.4) is 0 Å². The molecule has 0 unspecified atom stereocenters. The van der Waals surface area contributed by atoms with Gasteiger partial charge in [-0.05, 0) is 77.3 Å². The summed E-state index contributed by atoms with van der Waals surface area (Å²) in [4.78, 5) is 4.44. The lowest BCUT2D eigenvalue weighted by Gasteiger charge is -2.29. The van der Waals surface area contributed by atoms with Gasteiger partial charge in [-0.1, -0.05) is 20.8 Å². The van der Waals surface area contributed by atoms with Crippen molar-refractivity contribution >= 4 is 5.84 Å². The molecule has 3 nitrogen and oxygen atoms in total. The molecule has 0 spiro atoms. The minimum Gasteiger partial charge on any atom is -0.243 e. The van der Waals surface area contributed by atoms with Gasteiger partial charge >= 0.3 is 0 Å². The van der Waals surface area contributed by atoms with E-state index in [-0.39, 0.29) is 5.41 Å². The minimum absolute atomic E-state index is 0.256. The van der Waals surface area contributed by atoms with Crippen molar-refractivity contribution in [2.24, 2.45) is 15.2 Å². The molecular formula is C19H25N3. The highest BCUT2D eigenvalue weighted by Crippen LogP contribution is 2.43. The first-order chi connectivity index (χ1) is 10.6. The topological polar surface area (TPSA) is 37.1 Å². The Kier molecular flexibility index (Phi) is 3.21. The second-order valence-corrected chi connectivity index (χ2v) is 7.86. The molecule has 22 heavy (non-hydrogen) atoms. The monoisotopic (exact) mass is 295 g/mol. The quantitative estimate of drug-likeness (QED) is 0.779. The number of fused-ring (bicyclic) bond motifs is 2. The molecule has 2 aliphatic carbocycles. The van der Waals surface area contributed by atoms with Crippen LogP contribution in [-0.4, -0.2) is 12.5 Å². The summed E-state index contributed by atoms with van der Waals surface area (Å²) in [5.74, 6) is 0.937. The maximum atomic E-state index is 4.44. The maximum absolute atomic E-state index is 4.44. The summed E-state index contributed by atoms with van der Waals surface area (Å²) < 4.78 is 0. The number of rotatable bonds is 2. The van der Waals surface area contributed by atoms with E-state index in [0.29, 0.717) is 6.67 Å². The van der Waals surface area contributed by atoms with E-state index in [4.69, 9.17) is 0 Å². The second-order valence-electron chi connectivity index (χ2n) is 7.86. The SMILES string of the molecule is CC(C)(C)c1c2c(c(CC3=NCN=N3)c3c1CCC3)CCC2. The van der Waals surface area contributed by atoms with E-state index < -0.39 is 0 Å². The second kappa shape index (κ2) is 5.00. The molecule has 4 rings (SSSR count). The van der Waals surface area contributed by atoms with Crippen LogP contribution in [-0.2, 0) is 37.5 Å². The van der Waals surface area contributed by atoms with Crippen molar-refractivity contribution in [3.8, 4) is 0 Å². The van der Waals surface area contributed by atoms with Gasteiger partial charge in [-0.2, -0.15) is 5.11 Å². The molecule has 0 fully saturated rings. The van der Waals surface area contributed by atoms with Crippen molar-refractivity contribution in [3.63, 3.8) is 0 Å². The Labute approximate surface area is 133 Å². The first-order valence-corrected chi connectivity index (χ1v) is 8.65. The van der Waals surface area contributed by atoms with Crippen molar-refractivity contribution in [2.75, 3.05) is 6.67 Å². The van der Waals surface area contributed by atoms with Crippen molar-refractivity contribution in [3.05, 3.63) is 33.4 Å². The van der Waals surface area contributed by atoms with E-state index in [9.17, 15) is 0 Å². The molecule has 1 heterocycles. The molecular weight excluding hydrogens is 270 g/mol. The number of nitrogens with zero attached hydrogens (tertiary/aromatic N) is 3. The lowest BCUT2D eigenvalue weighted by atomic mass is 9.76. The highest BCUT2D eigenvalue weighted by molar-refractivity contribution is 5.86. The first kappa shape index (κ1) is 14.1. The van der Waals surface area contributed by atoms with E-state index in [1.165, 1.54) is 38.5 Å². The summed E-state index contributed by atoms with van der Waals surface area (Å²) in [6.07, 6.45) is 8.52. The number of aliphatic imine (C=N–C) groups is 1. The zero-order valence-electron chi connectivity index (χ0n) is 14.0. The summed E-state index contributed by atoms with van der Waals surface area (Å²) >= 11 is 0. The lowest BCUT2D eigenvalue weighted by Crippen LogP contribution is -2.19. The third-order valence-corrected chi connectivity index (χ3v) is 5.36. The molecule has 0 atom stereocenters. The molecule has 0 saturated carbocycles. The zero-order chi connectivity index (χ0) is 15.3. The fourth-order valence-corrected chi connectivity index (χ4v) is 4.70. The molecule has 3 heteroatoms. The Morgan fingerprint density at radius 2 is 1.45 bits per heavy atom. The summed E-state index contributed by atoms with van der Waals surface area (Å²) in [7, 11) is 0. The van der Waals surface area contributed by atoms with Gasteiger partial charge < -0.3 is 0 Å². The Balaban J connectivity index is 1.91. The fraction of sp³-hybridized carbons (Fsp3) is 0.632. The molecule has 1 aromatic rings. The molecule has 3 aliphatic rings. The molecule has 0 bridgehead atoms. The van der Waals surface area contributed by atoms with Gasteiger partial charge in [0.25, 0.3) is 0 Å². The van der Waals surface area contributed by atoms with Gasteiger partial charge in [0.2, 0.25) is 0 Å². The lowest BCUT2D eigenvalue weighted by molar-refractivity contribution is 0.576. The maximum Gasteiger partial charge on any atom is 0.152 e. The van der Waals surface area contributed by atoms with Crippen molar-refractivity contribution in [1.82, 2.24) is 0 Å². The predicted molar refractivity (Wildman–Crippen MR) is 90.1 cm³/mol. The van der Waals surface area contributed by atoms with Gasteiger partial charge in [-0.25, -0.2) is 4.99 Å². The van der Waals surface area contributed by atoms with Crippen LogP contribution in [0.1, 0.15) is 67.0 Å². The van der Waals surface area contributed by atoms with Gasteiger partial charge in [-0.3, -0.25) is 0 Å². The van der Waals surface area contributed by atoms with E-state index >= 15 is 0 Å². The van der Waals surface area contributed by atoms with Gasteiger partial charge in [-0.15, -0.1) is 5.11 Å². The van der Waals surface area contributed by atoms with Gasteiger partial charge in [0.1, 0.15) is 0 Å². The Morgan fingerprint density at radius 3 is 1.95 bits per heavy atom. The van der Waals surface area contributed by atoms with Gasteiger partial charge in [0.05, 0.1) is 0 Å². The van der Waals surface area contributed by atoms with Crippen LogP contribution in [0.5, 0.6) is 0 Å². The molecule has 0 aromatic heterocycles. The van der Waals surface area contributed by atoms with E-state index in [0.717, 1.165) is 12.3 Å². The van der Waals surface area contributed by atoms with Crippen LogP contribution in [0, 0.1) is 0 Å². The standard InChI is InChI=1S/C19H25N3/c1-19(2,3)18-14-8-4-6-12(14)16(10-17-20-11-21-22-17)13-7-5-9-15(13)18/h4-11H2,1-3H3. The molecule has 1 aromatic carbocycles. The van der Waals surface area contributed by atoms with Crippen LogP contribution >= 0.6 is 0 Å². The smallest absolute Gasteiger partial charge is 0.152 e. The average Bonchev–Trinajstić information content (AvgIpc) is 3.17. The molecule has 116 valence electrons. The van der Waals surface area contributed by atoms with Crippen LogP contribution < -0.4 is 0 Å². The van der Waals surface area contributed by atoms with E-state index in [2.05, 4.69) is 36.0 Å². The zero-order valence-corrected chi connectivity index (χ0v) is 14.0. The normalized spacial score (nSPS) is 19.5. The van der Waals surface area contributed by atoms with E-state index in [1.54, 1.807) is 33.4 Å². The van der Waals surface area contributed by atoms with Crippen molar-refractivity contribution in [1.29, 1.82) is 0 Å². The van der Waals surface area contributed by atoms with E-state index in [1.807, 2.05) is 0 Å². The van der Waals surface area contributed by atoms with Gasteiger partial charge in [0, 0.05) is 6.42 Å². The third-order valence-electron chi connectivity index (χ3n) is 5.36. The molecule has 0 saturated heterocycles. The first-order valence-electron chi connectivity index (χ1n) is 8.65. The number of amidine groups is 1. The summed E-state index contributed by atoms with van der Waals surface area (Å²) in [6.45, 7) is 7.68. The molecule has 0 radical (unpaired) electrons. The van der Waals surface area contributed by atoms with Crippen LogP contribution in [0.4, 0.5) is 0 Å². The van der Waals surface area contributed by atoms with Crippen LogP contribution in [0.15, 0.2) is 15.2 Å². The number of benzene rings is 1. The molecule has 0 N–H and O–H groups in total. The highest BCUT2D eigenvalue weighted by atomic mass is 15.2. The highest BCUT2D eigenvalue weighted by Gasteiger charge is 2.33. The third kappa shape index (κ3) is 2.13. The predicted octanol–water partition coefficient (Wildman–Crippen LogP) is 4.33. The number of hydrogen-bond acceptors (Lipinski definition) is 3. The minimum atomic E-state index is 0.256. The Bertz CT molecular complexity index is 655. The summed E-state index contributed by atoms with van der Waals surface area (Å²) in [5, 5.41) is 8.25. The average molecular weight is 295 g/mol. The molecule has 0 amide bonds. The number of azo groups is 1. The summed E-state index contributed by atoms with van der Waals surface area (Å²) in [5.41, 5.74) is 10.1.